The summed E-state index contributed by atoms with van der Waals surface area (Å²) >= 11 is 9.95. The summed E-state index contributed by atoms with van der Waals surface area (Å²) in [5, 5.41) is 10.3. The molecule has 39 heavy (non-hydrogen) atoms. The molecule has 0 bridgehead atoms. The third-order valence-electron chi connectivity index (χ3n) is 6.29. The molecule has 0 saturated heterocycles. The lowest BCUT2D eigenvalue weighted by Crippen LogP contribution is -2.13. The molecule has 0 unspecified atom stereocenters. The Hall–Kier alpha value is -3.92. The molecule has 2 aromatic heterocycles. The van der Waals surface area contributed by atoms with Crippen LogP contribution >= 0.6 is 27.5 Å². The number of benzene rings is 4. The minimum atomic E-state index is -3.73. The number of fused-ring (bicyclic) bond motifs is 2. The molecule has 0 aliphatic carbocycles. The molecule has 0 atom stereocenters. The maximum atomic E-state index is 13.0. The van der Waals surface area contributed by atoms with Crippen molar-refractivity contribution in [3.05, 3.63) is 118 Å². The molecular formula is C29H21BrClN5O2S. The van der Waals surface area contributed by atoms with Crippen molar-refractivity contribution in [2.45, 2.75) is 11.4 Å². The van der Waals surface area contributed by atoms with E-state index in [-0.39, 0.29) is 4.90 Å². The zero-order chi connectivity index (χ0) is 27.0. The molecule has 0 radical (unpaired) electrons. The number of rotatable bonds is 7. The Morgan fingerprint density at radius 2 is 1.62 bits per heavy atom. The van der Waals surface area contributed by atoms with E-state index in [0.717, 1.165) is 37.9 Å². The molecule has 0 aliphatic rings. The van der Waals surface area contributed by atoms with Crippen molar-refractivity contribution in [3.8, 4) is 11.3 Å². The highest BCUT2D eigenvalue weighted by Gasteiger charge is 2.16. The summed E-state index contributed by atoms with van der Waals surface area (Å²) in [5.41, 5.74) is 3.64. The van der Waals surface area contributed by atoms with Gasteiger partial charge in [0.1, 0.15) is 5.82 Å². The molecule has 4 aromatic carbocycles. The number of halogens is 2. The highest BCUT2D eigenvalue weighted by molar-refractivity contribution is 9.10. The third-order valence-corrected chi connectivity index (χ3v) is 8.56. The molecular weight excluding hydrogens is 598 g/mol. The summed E-state index contributed by atoms with van der Waals surface area (Å²) < 4.78 is 31.1. The van der Waals surface area contributed by atoms with Crippen LogP contribution < -0.4 is 10.0 Å². The zero-order valence-corrected chi connectivity index (χ0v) is 23.5. The predicted octanol–water partition coefficient (Wildman–Crippen LogP) is 7.38. The van der Waals surface area contributed by atoms with Crippen molar-refractivity contribution in [1.29, 1.82) is 0 Å². The maximum Gasteiger partial charge on any atom is 0.261 e. The lowest BCUT2D eigenvalue weighted by Gasteiger charge is -2.13. The fourth-order valence-corrected chi connectivity index (χ4v) is 5.98. The Balaban J connectivity index is 1.21. The number of nitrogens with zero attached hydrogens (tertiary/aromatic N) is 3. The topological polar surface area (TPSA) is 88.4 Å². The van der Waals surface area contributed by atoms with Gasteiger partial charge in [-0.3, -0.25) is 4.72 Å². The molecule has 2 heterocycles. The molecule has 194 valence electrons. The van der Waals surface area contributed by atoms with Crippen molar-refractivity contribution in [1.82, 2.24) is 14.6 Å². The van der Waals surface area contributed by atoms with Crippen LogP contribution in [-0.4, -0.2) is 23.0 Å². The molecule has 0 amide bonds. The molecule has 0 aliphatic heterocycles. The van der Waals surface area contributed by atoms with Crippen LogP contribution in [0.1, 0.15) is 5.56 Å². The van der Waals surface area contributed by atoms with Gasteiger partial charge >= 0.3 is 0 Å². The first-order chi connectivity index (χ1) is 18.9. The fourth-order valence-electron chi connectivity index (χ4n) is 4.30. The summed E-state index contributed by atoms with van der Waals surface area (Å²) in [6.07, 6.45) is 1.69. The summed E-state index contributed by atoms with van der Waals surface area (Å²) in [6, 6.07) is 29.5. The van der Waals surface area contributed by atoms with Crippen molar-refractivity contribution < 1.29 is 8.42 Å². The predicted molar refractivity (Wildman–Crippen MR) is 160 cm³/mol. The van der Waals surface area contributed by atoms with E-state index in [9.17, 15) is 8.42 Å². The monoisotopic (exact) mass is 617 g/mol. The summed E-state index contributed by atoms with van der Waals surface area (Å²) in [6.45, 7) is 0.482. The fraction of sp³-hybridized carbons (Fsp3) is 0.0345. The molecule has 0 spiro atoms. The Kier molecular flexibility index (Phi) is 6.72. The van der Waals surface area contributed by atoms with E-state index in [1.54, 1.807) is 35.0 Å². The molecule has 10 heteroatoms. The largest absolute Gasteiger partial charge is 0.366 e. The van der Waals surface area contributed by atoms with Crippen molar-refractivity contribution in [3.63, 3.8) is 0 Å². The van der Waals surface area contributed by atoms with E-state index >= 15 is 0 Å². The first-order valence-electron chi connectivity index (χ1n) is 12.0. The van der Waals surface area contributed by atoms with E-state index in [0.29, 0.717) is 22.9 Å². The molecule has 0 saturated carbocycles. The van der Waals surface area contributed by atoms with Crippen LogP contribution in [-0.2, 0) is 16.6 Å². The second kappa shape index (κ2) is 10.3. The molecule has 0 fully saturated rings. The quantitative estimate of drug-likeness (QED) is 0.195. The smallest absolute Gasteiger partial charge is 0.261 e. The van der Waals surface area contributed by atoms with E-state index < -0.39 is 10.0 Å². The Bertz CT molecular complexity index is 1940. The van der Waals surface area contributed by atoms with Gasteiger partial charge in [0.05, 0.1) is 21.3 Å². The van der Waals surface area contributed by atoms with Gasteiger partial charge in [0.15, 0.2) is 5.65 Å². The van der Waals surface area contributed by atoms with Crippen LogP contribution in [0.4, 0.5) is 11.5 Å². The minimum Gasteiger partial charge on any atom is -0.366 e. The van der Waals surface area contributed by atoms with Crippen LogP contribution in [0, 0.1) is 0 Å². The Morgan fingerprint density at radius 1 is 0.872 bits per heavy atom. The normalized spacial score (nSPS) is 11.6. The van der Waals surface area contributed by atoms with Gasteiger partial charge in [-0.05, 0) is 62.6 Å². The third kappa shape index (κ3) is 5.21. The van der Waals surface area contributed by atoms with Gasteiger partial charge in [0, 0.05) is 28.9 Å². The molecule has 2 N–H and O–H groups in total. The van der Waals surface area contributed by atoms with Crippen LogP contribution in [0.25, 0.3) is 27.7 Å². The van der Waals surface area contributed by atoms with Gasteiger partial charge in [-0.1, -0.05) is 72.3 Å². The second-order valence-electron chi connectivity index (χ2n) is 8.90. The van der Waals surface area contributed by atoms with Gasteiger partial charge in [0.2, 0.25) is 0 Å². The second-order valence-corrected chi connectivity index (χ2v) is 11.8. The lowest BCUT2D eigenvalue weighted by molar-refractivity contribution is 0.601. The zero-order valence-electron chi connectivity index (χ0n) is 20.3. The first kappa shape index (κ1) is 25.4. The first-order valence-corrected chi connectivity index (χ1v) is 14.7. The van der Waals surface area contributed by atoms with E-state index in [1.165, 1.54) is 0 Å². The number of nitrogens with one attached hydrogen (secondary N) is 2. The van der Waals surface area contributed by atoms with Crippen molar-refractivity contribution >= 4 is 65.5 Å². The lowest BCUT2D eigenvalue weighted by atomic mass is 10.1. The van der Waals surface area contributed by atoms with Gasteiger partial charge < -0.3 is 5.32 Å². The number of sulfonamides is 1. The van der Waals surface area contributed by atoms with Crippen LogP contribution in [0.3, 0.4) is 0 Å². The van der Waals surface area contributed by atoms with Crippen LogP contribution in [0.15, 0.2) is 113 Å². The molecule has 6 rings (SSSR count). The van der Waals surface area contributed by atoms with E-state index in [1.807, 2.05) is 72.8 Å². The standard InChI is InChI=1S/C29H21BrClN5O2S/c30-25-18-33-36-28(16-27(34-29(25)36)24-7-3-4-8-26(24)31)32-17-19-9-12-22(13-10-19)35-39(37,38)23-14-11-20-5-1-2-6-21(20)15-23/h1-16,18,32,35H,17H2. The number of anilines is 2. The summed E-state index contributed by atoms with van der Waals surface area (Å²) in [7, 11) is -3.73. The van der Waals surface area contributed by atoms with Gasteiger partial charge in [-0.25, -0.2) is 13.4 Å². The maximum absolute atomic E-state index is 13.0. The number of hydrogen-bond donors (Lipinski definition) is 2. The average Bonchev–Trinajstić information content (AvgIpc) is 3.33. The number of aromatic nitrogens is 3. The Labute approximate surface area is 238 Å². The summed E-state index contributed by atoms with van der Waals surface area (Å²) in [5.74, 6) is 0.738. The summed E-state index contributed by atoms with van der Waals surface area (Å²) in [4.78, 5) is 4.95. The van der Waals surface area contributed by atoms with Crippen LogP contribution in [0.5, 0.6) is 0 Å². The van der Waals surface area contributed by atoms with Gasteiger partial charge in [-0.2, -0.15) is 9.61 Å². The highest BCUT2D eigenvalue weighted by Crippen LogP contribution is 2.30. The number of hydrogen-bond acceptors (Lipinski definition) is 5. The molecule has 6 aromatic rings. The van der Waals surface area contributed by atoms with Gasteiger partial charge in [-0.15, -0.1) is 0 Å². The van der Waals surface area contributed by atoms with Gasteiger partial charge in [0.25, 0.3) is 10.0 Å². The average molecular weight is 619 g/mol. The van der Waals surface area contributed by atoms with Crippen LogP contribution in [0.2, 0.25) is 5.02 Å². The highest BCUT2D eigenvalue weighted by atomic mass is 79.9. The SMILES string of the molecule is O=S(=O)(Nc1ccc(CNc2cc(-c3ccccc3Cl)nc3c(Br)cnn23)cc1)c1ccc2ccccc2c1. The van der Waals surface area contributed by atoms with Crippen molar-refractivity contribution in [2.75, 3.05) is 10.0 Å². The van der Waals surface area contributed by atoms with E-state index in [4.69, 9.17) is 16.6 Å². The Morgan fingerprint density at radius 3 is 2.41 bits per heavy atom. The molecule has 7 nitrogen and oxygen atoms in total. The minimum absolute atomic E-state index is 0.216. The van der Waals surface area contributed by atoms with E-state index in [2.05, 4.69) is 31.1 Å². The van der Waals surface area contributed by atoms with Crippen molar-refractivity contribution in [2.24, 2.45) is 0 Å².